The van der Waals surface area contributed by atoms with Gasteiger partial charge in [-0.25, -0.2) is 4.39 Å². The van der Waals surface area contributed by atoms with Gasteiger partial charge in [0.25, 0.3) is 5.91 Å². The Morgan fingerprint density at radius 2 is 2.10 bits per heavy atom. The first-order valence-electron chi connectivity index (χ1n) is 10.4. The summed E-state index contributed by atoms with van der Waals surface area (Å²) in [5, 5.41) is 4.78. The van der Waals surface area contributed by atoms with Crippen LogP contribution in [0.4, 0.5) is 4.39 Å². The highest BCUT2D eigenvalue weighted by Gasteiger charge is 2.29. The molecule has 1 aliphatic rings. The monoisotopic (exact) mass is 437 g/mol. The fraction of sp³-hybridized carbons (Fsp3) is 0.292. The third-order valence-corrected chi connectivity index (χ3v) is 7.15. The summed E-state index contributed by atoms with van der Waals surface area (Å²) in [6, 6.07) is 13.0. The van der Waals surface area contributed by atoms with E-state index in [1.165, 1.54) is 17.4 Å². The van der Waals surface area contributed by atoms with Gasteiger partial charge in [-0.15, -0.1) is 11.3 Å². The maximum Gasteiger partial charge on any atom is 0.261 e. The molecule has 0 spiro atoms. The smallest absolute Gasteiger partial charge is 0.261 e. The number of amides is 1. The zero-order valence-electron chi connectivity index (χ0n) is 17.5. The topological polar surface area (TPSA) is 46.5 Å². The lowest BCUT2D eigenvalue weighted by atomic mass is 10.0. The Balaban J connectivity index is 1.47. The van der Waals surface area contributed by atoms with Crippen molar-refractivity contribution in [2.75, 3.05) is 26.7 Å². The minimum absolute atomic E-state index is 0.0820. The lowest BCUT2D eigenvalue weighted by Gasteiger charge is -2.33. The van der Waals surface area contributed by atoms with Gasteiger partial charge in [-0.1, -0.05) is 18.2 Å². The summed E-state index contributed by atoms with van der Waals surface area (Å²) in [6.07, 6.45) is 1.88. The molecule has 0 bridgehead atoms. The van der Waals surface area contributed by atoms with Crippen LogP contribution in [0.25, 0.3) is 21.0 Å². The van der Waals surface area contributed by atoms with Crippen molar-refractivity contribution in [3.05, 3.63) is 70.5 Å². The highest BCUT2D eigenvalue weighted by Crippen LogP contribution is 2.38. The molecule has 5 nitrogen and oxygen atoms in total. The van der Waals surface area contributed by atoms with Gasteiger partial charge in [0, 0.05) is 61.1 Å². The zero-order valence-corrected chi connectivity index (χ0v) is 18.3. The second kappa shape index (κ2) is 8.07. The van der Waals surface area contributed by atoms with Gasteiger partial charge in [0.15, 0.2) is 0 Å². The van der Waals surface area contributed by atoms with Crippen molar-refractivity contribution in [2.24, 2.45) is 7.05 Å². The van der Waals surface area contributed by atoms with Gasteiger partial charge < -0.3 is 14.6 Å². The van der Waals surface area contributed by atoms with Gasteiger partial charge in [0.05, 0.1) is 17.6 Å². The highest BCUT2D eigenvalue weighted by atomic mass is 32.1. The molecule has 2 aromatic carbocycles. The molecule has 1 amide bonds. The van der Waals surface area contributed by atoms with E-state index in [4.69, 9.17) is 4.74 Å². The minimum atomic E-state index is -0.222. The maximum absolute atomic E-state index is 13.9. The first-order chi connectivity index (χ1) is 15.0. The molecule has 2 aromatic heterocycles. The van der Waals surface area contributed by atoms with Crippen LogP contribution in [0.15, 0.2) is 48.7 Å². The van der Waals surface area contributed by atoms with E-state index in [-0.39, 0.29) is 17.8 Å². The molecule has 1 saturated heterocycles. The molecule has 1 aliphatic heterocycles. The Hall–Kier alpha value is -2.74. The van der Waals surface area contributed by atoms with E-state index in [9.17, 15) is 9.18 Å². The van der Waals surface area contributed by atoms with Gasteiger partial charge in [-0.3, -0.25) is 9.69 Å². The molecule has 3 heterocycles. The van der Waals surface area contributed by atoms with Crippen molar-refractivity contribution in [1.29, 1.82) is 0 Å². The van der Waals surface area contributed by atoms with Crippen molar-refractivity contribution in [1.82, 2.24) is 14.8 Å². The van der Waals surface area contributed by atoms with Crippen molar-refractivity contribution in [3.63, 3.8) is 0 Å². The molecular formula is C24H24FN3O2S. The number of nitrogens with zero attached hydrogens (tertiary/aromatic N) is 2. The average Bonchev–Trinajstić information content (AvgIpc) is 3.31. The van der Waals surface area contributed by atoms with Crippen LogP contribution in [0.1, 0.15) is 26.9 Å². The number of aromatic nitrogens is 1. The Morgan fingerprint density at radius 1 is 1.26 bits per heavy atom. The minimum Gasteiger partial charge on any atom is -0.371 e. The van der Waals surface area contributed by atoms with E-state index in [2.05, 4.69) is 22.5 Å². The number of nitrogens with one attached hydrogen (secondary N) is 1. The SMILES string of the molecule is CNC(=O)c1sc2ccccc2c1[C@H]1CN(Cc2cn(C)c3ccc(F)cc23)CCO1. The lowest BCUT2D eigenvalue weighted by Crippen LogP contribution is -2.38. The van der Waals surface area contributed by atoms with Crippen molar-refractivity contribution in [3.8, 4) is 0 Å². The first kappa shape index (κ1) is 20.2. The number of morpholine rings is 1. The second-order valence-electron chi connectivity index (χ2n) is 7.94. The van der Waals surface area contributed by atoms with Crippen molar-refractivity contribution >= 4 is 38.2 Å². The van der Waals surface area contributed by atoms with Crippen molar-refractivity contribution in [2.45, 2.75) is 12.6 Å². The molecule has 1 N–H and O–H groups in total. The number of rotatable bonds is 4. The van der Waals surface area contributed by atoms with Crippen LogP contribution in [0.3, 0.4) is 0 Å². The van der Waals surface area contributed by atoms with E-state index in [0.717, 1.165) is 38.7 Å². The Morgan fingerprint density at radius 3 is 2.94 bits per heavy atom. The summed E-state index contributed by atoms with van der Waals surface area (Å²) in [5.41, 5.74) is 3.08. The van der Waals surface area contributed by atoms with Crippen LogP contribution in [0.5, 0.6) is 0 Å². The summed E-state index contributed by atoms with van der Waals surface area (Å²) in [5.74, 6) is -0.304. The third kappa shape index (κ3) is 3.63. The van der Waals surface area contributed by atoms with Crippen LogP contribution in [-0.2, 0) is 18.3 Å². The Kier molecular flexibility index (Phi) is 5.25. The number of ether oxygens (including phenoxy) is 1. The number of aryl methyl sites for hydroxylation is 1. The number of thiophene rings is 1. The molecule has 5 rings (SSSR count). The zero-order chi connectivity index (χ0) is 21.5. The van der Waals surface area contributed by atoms with Crippen LogP contribution < -0.4 is 5.32 Å². The van der Waals surface area contributed by atoms with E-state index >= 15 is 0 Å². The standard InChI is InChI=1S/C24H24FN3O2S/c1-26-24(29)23-22(17-5-3-4-6-21(17)31-23)20-14-28(9-10-30-20)13-15-12-27(2)19-8-7-16(25)11-18(15)19/h3-8,11-12,20H,9-10,13-14H2,1-2H3,(H,26,29)/t20-/m1/s1. The number of halogens is 1. The highest BCUT2D eigenvalue weighted by molar-refractivity contribution is 7.21. The number of hydrogen-bond donors (Lipinski definition) is 1. The predicted molar refractivity (Wildman–Crippen MR) is 122 cm³/mol. The van der Waals surface area contributed by atoms with E-state index in [0.29, 0.717) is 24.6 Å². The largest absolute Gasteiger partial charge is 0.371 e. The molecular weight excluding hydrogens is 413 g/mol. The second-order valence-corrected chi connectivity index (χ2v) is 8.99. The molecule has 0 unspecified atom stereocenters. The van der Waals surface area contributed by atoms with Crippen LogP contribution in [0, 0.1) is 5.82 Å². The van der Waals surface area contributed by atoms with Gasteiger partial charge >= 0.3 is 0 Å². The summed E-state index contributed by atoms with van der Waals surface area (Å²) in [6.45, 7) is 2.76. The summed E-state index contributed by atoms with van der Waals surface area (Å²) < 4.78 is 23.2. The van der Waals surface area contributed by atoms with E-state index in [1.54, 1.807) is 13.1 Å². The summed E-state index contributed by atoms with van der Waals surface area (Å²) in [7, 11) is 3.64. The fourth-order valence-electron chi connectivity index (χ4n) is 4.50. The van der Waals surface area contributed by atoms with Gasteiger partial charge in [0.2, 0.25) is 0 Å². The molecule has 1 fully saturated rings. The average molecular weight is 438 g/mol. The van der Waals surface area contributed by atoms with Gasteiger partial charge in [-0.05, 0) is 35.2 Å². The molecule has 4 aromatic rings. The molecule has 7 heteroatoms. The van der Waals surface area contributed by atoms with Gasteiger partial charge in [-0.2, -0.15) is 0 Å². The molecule has 31 heavy (non-hydrogen) atoms. The third-order valence-electron chi connectivity index (χ3n) is 5.97. The maximum atomic E-state index is 13.9. The number of fused-ring (bicyclic) bond motifs is 2. The Bertz CT molecular complexity index is 1280. The molecule has 0 radical (unpaired) electrons. The lowest BCUT2D eigenvalue weighted by molar-refractivity contribution is -0.0322. The summed E-state index contributed by atoms with van der Waals surface area (Å²) >= 11 is 1.51. The fourth-order valence-corrected chi connectivity index (χ4v) is 5.70. The Labute approximate surface area is 184 Å². The number of benzene rings is 2. The molecule has 0 aliphatic carbocycles. The van der Waals surface area contributed by atoms with Crippen molar-refractivity contribution < 1.29 is 13.9 Å². The van der Waals surface area contributed by atoms with Crippen LogP contribution in [0.2, 0.25) is 0 Å². The van der Waals surface area contributed by atoms with E-state index < -0.39 is 0 Å². The number of carbonyl (C=O) groups is 1. The van der Waals surface area contributed by atoms with Gasteiger partial charge in [0.1, 0.15) is 5.82 Å². The molecule has 1 atom stereocenters. The molecule has 160 valence electrons. The quantitative estimate of drug-likeness (QED) is 0.513. The van der Waals surface area contributed by atoms with E-state index in [1.807, 2.05) is 35.9 Å². The molecule has 0 saturated carbocycles. The first-order valence-corrected chi connectivity index (χ1v) is 11.2. The number of carbonyl (C=O) groups excluding carboxylic acids is 1. The predicted octanol–water partition coefficient (Wildman–Crippen LogP) is 4.47. The summed E-state index contributed by atoms with van der Waals surface area (Å²) in [4.78, 5) is 15.6. The van der Waals surface area contributed by atoms with Crippen LogP contribution >= 0.6 is 11.3 Å². The number of hydrogen-bond acceptors (Lipinski definition) is 4. The van der Waals surface area contributed by atoms with Crippen LogP contribution in [-0.4, -0.2) is 42.1 Å². The normalized spacial score (nSPS) is 17.5.